The molecule has 1 saturated heterocycles. The van der Waals surface area contributed by atoms with Gasteiger partial charge in [-0.2, -0.15) is 0 Å². The third kappa shape index (κ3) is 4.65. The molecule has 1 unspecified atom stereocenters. The highest BCUT2D eigenvalue weighted by atomic mass is 16.5. The van der Waals surface area contributed by atoms with Gasteiger partial charge in [0.15, 0.2) is 23.0 Å². The molecule has 8 heteroatoms. The normalized spacial score (nSPS) is 16.5. The molecule has 0 aromatic heterocycles. The number of ether oxygens (including phenoxy) is 4. The highest BCUT2D eigenvalue weighted by molar-refractivity contribution is 6.51. The van der Waals surface area contributed by atoms with Gasteiger partial charge in [-0.25, -0.2) is 0 Å². The molecule has 1 heterocycles. The number of methoxy groups -OCH3 is 3. The Labute approximate surface area is 222 Å². The number of aliphatic hydroxyl groups excluding tert-OH is 1. The number of amides is 1. The van der Waals surface area contributed by atoms with Gasteiger partial charge in [0.2, 0.25) is 0 Å². The largest absolute Gasteiger partial charge is 0.507 e. The van der Waals surface area contributed by atoms with Crippen LogP contribution in [0.4, 0.5) is 5.69 Å². The van der Waals surface area contributed by atoms with E-state index < -0.39 is 17.7 Å². The van der Waals surface area contributed by atoms with Crippen LogP contribution in [0.3, 0.4) is 0 Å². The maximum absolute atomic E-state index is 13.6. The number of rotatable bonds is 8. The lowest BCUT2D eigenvalue weighted by molar-refractivity contribution is -0.132. The third-order valence-corrected chi connectivity index (χ3v) is 6.53. The lowest BCUT2D eigenvalue weighted by Gasteiger charge is -2.27. The van der Waals surface area contributed by atoms with E-state index in [1.165, 1.54) is 26.2 Å². The minimum atomic E-state index is -0.922. The van der Waals surface area contributed by atoms with Crippen molar-refractivity contribution in [2.45, 2.75) is 26.8 Å². The minimum absolute atomic E-state index is 0.0456. The van der Waals surface area contributed by atoms with Crippen LogP contribution < -0.4 is 23.8 Å². The molecule has 1 atom stereocenters. The molecule has 0 spiro atoms. The van der Waals surface area contributed by atoms with E-state index in [4.69, 9.17) is 18.9 Å². The zero-order valence-corrected chi connectivity index (χ0v) is 22.3. The summed E-state index contributed by atoms with van der Waals surface area (Å²) in [5, 5.41) is 11.5. The van der Waals surface area contributed by atoms with Gasteiger partial charge in [-0.3, -0.25) is 14.5 Å². The van der Waals surface area contributed by atoms with Gasteiger partial charge >= 0.3 is 0 Å². The van der Waals surface area contributed by atoms with E-state index in [2.05, 4.69) is 0 Å². The Morgan fingerprint density at radius 3 is 2.16 bits per heavy atom. The summed E-state index contributed by atoms with van der Waals surface area (Å²) in [6.07, 6.45) is 0. The number of hydrogen-bond donors (Lipinski definition) is 1. The topological polar surface area (TPSA) is 94.5 Å². The van der Waals surface area contributed by atoms with E-state index in [1.807, 2.05) is 39.0 Å². The molecule has 1 amide bonds. The molecule has 3 aromatic rings. The fourth-order valence-electron chi connectivity index (χ4n) is 4.65. The van der Waals surface area contributed by atoms with Gasteiger partial charge in [0.05, 0.1) is 39.6 Å². The van der Waals surface area contributed by atoms with Crippen LogP contribution in [0.1, 0.15) is 35.2 Å². The molecule has 1 N–H and O–H groups in total. The Bertz CT molecular complexity index is 1430. The molecule has 1 fully saturated rings. The monoisotopic (exact) mass is 517 g/mol. The molecule has 3 aromatic carbocycles. The molecule has 4 rings (SSSR count). The number of carbonyl (C=O) groups is 2. The number of aliphatic hydroxyl groups is 1. The second kappa shape index (κ2) is 10.9. The average molecular weight is 518 g/mol. The van der Waals surface area contributed by atoms with Gasteiger partial charge in [0.25, 0.3) is 11.7 Å². The van der Waals surface area contributed by atoms with Crippen molar-refractivity contribution in [3.05, 3.63) is 82.4 Å². The summed E-state index contributed by atoms with van der Waals surface area (Å²) in [6.45, 7) is 6.03. The summed E-state index contributed by atoms with van der Waals surface area (Å²) < 4.78 is 21.9. The number of anilines is 1. The van der Waals surface area contributed by atoms with Crippen LogP contribution in [-0.2, 0) is 9.59 Å². The van der Waals surface area contributed by atoms with E-state index in [9.17, 15) is 14.7 Å². The second-order valence-electron chi connectivity index (χ2n) is 8.87. The third-order valence-electron chi connectivity index (χ3n) is 6.53. The first-order valence-electron chi connectivity index (χ1n) is 12.2. The lowest BCUT2D eigenvalue weighted by atomic mass is 9.94. The van der Waals surface area contributed by atoms with Crippen molar-refractivity contribution in [1.82, 2.24) is 0 Å². The molecule has 1 aliphatic rings. The molecular formula is C30H31NO7. The number of aryl methyl sites for hydroxylation is 2. The zero-order valence-electron chi connectivity index (χ0n) is 22.3. The van der Waals surface area contributed by atoms with Gasteiger partial charge in [-0.1, -0.05) is 18.2 Å². The molecule has 8 nitrogen and oxygen atoms in total. The van der Waals surface area contributed by atoms with Crippen molar-refractivity contribution in [2.24, 2.45) is 0 Å². The van der Waals surface area contributed by atoms with Crippen LogP contribution in [0.25, 0.3) is 5.76 Å². The fraction of sp³-hybridized carbons (Fsp3) is 0.267. The standard InChI is InChI=1S/C30H31NO7/c1-7-38-25-15-19(10-12-23(25)36-5)27-26(28(32)20-11-13-22(35-4)24(16-20)37-6)29(33)30(34)31(27)21-14-17(2)8-9-18(21)3/h8-16,27,32H,7H2,1-6H3/b28-26-. The van der Waals surface area contributed by atoms with Gasteiger partial charge in [0, 0.05) is 11.3 Å². The van der Waals surface area contributed by atoms with Crippen LogP contribution in [0.2, 0.25) is 0 Å². The first kappa shape index (κ1) is 26.6. The summed E-state index contributed by atoms with van der Waals surface area (Å²) in [7, 11) is 4.53. The van der Waals surface area contributed by atoms with Gasteiger partial charge < -0.3 is 24.1 Å². The predicted molar refractivity (Wildman–Crippen MR) is 144 cm³/mol. The van der Waals surface area contributed by atoms with Crippen LogP contribution in [0.5, 0.6) is 23.0 Å². The van der Waals surface area contributed by atoms with Crippen LogP contribution in [-0.4, -0.2) is 44.7 Å². The summed E-state index contributed by atoms with van der Waals surface area (Å²) in [5.74, 6) is -0.0374. The van der Waals surface area contributed by atoms with Crippen molar-refractivity contribution in [3.63, 3.8) is 0 Å². The first-order chi connectivity index (χ1) is 18.2. The van der Waals surface area contributed by atoms with Crippen LogP contribution in [0.15, 0.2) is 60.2 Å². The summed E-state index contributed by atoms with van der Waals surface area (Å²) in [4.78, 5) is 28.6. The second-order valence-corrected chi connectivity index (χ2v) is 8.87. The Balaban J connectivity index is 2.00. The number of carbonyl (C=O) groups excluding carboxylic acids is 2. The molecular weight excluding hydrogens is 486 g/mol. The van der Waals surface area contributed by atoms with Crippen LogP contribution >= 0.6 is 0 Å². The van der Waals surface area contributed by atoms with E-state index >= 15 is 0 Å². The fourth-order valence-corrected chi connectivity index (χ4v) is 4.65. The molecule has 0 aliphatic carbocycles. The van der Waals surface area contributed by atoms with Crippen molar-refractivity contribution in [1.29, 1.82) is 0 Å². The number of Topliss-reactive ketones (excluding diaryl/α,β-unsaturated/α-hetero) is 1. The van der Waals surface area contributed by atoms with Crippen molar-refractivity contribution < 1.29 is 33.6 Å². The number of ketones is 1. The predicted octanol–water partition coefficient (Wildman–Crippen LogP) is 5.35. The summed E-state index contributed by atoms with van der Waals surface area (Å²) >= 11 is 0. The van der Waals surface area contributed by atoms with Gasteiger partial charge in [-0.05, 0) is 73.9 Å². The lowest BCUT2D eigenvalue weighted by Crippen LogP contribution is -2.30. The molecule has 0 saturated carbocycles. The van der Waals surface area contributed by atoms with Gasteiger partial charge in [-0.15, -0.1) is 0 Å². The van der Waals surface area contributed by atoms with Crippen molar-refractivity contribution in [2.75, 3.05) is 32.8 Å². The number of hydrogen-bond acceptors (Lipinski definition) is 7. The number of nitrogens with zero attached hydrogens (tertiary/aromatic N) is 1. The van der Waals surface area contributed by atoms with Crippen LogP contribution in [0, 0.1) is 13.8 Å². The maximum atomic E-state index is 13.6. The average Bonchev–Trinajstić information content (AvgIpc) is 3.19. The van der Waals surface area contributed by atoms with Crippen molar-refractivity contribution >= 4 is 23.1 Å². The van der Waals surface area contributed by atoms with E-state index in [0.717, 1.165) is 11.1 Å². The summed E-state index contributed by atoms with van der Waals surface area (Å²) in [5.41, 5.74) is 3.16. The van der Waals surface area contributed by atoms with Crippen molar-refractivity contribution in [3.8, 4) is 23.0 Å². The summed E-state index contributed by atoms with van der Waals surface area (Å²) in [6, 6.07) is 14.8. The quantitative estimate of drug-likeness (QED) is 0.244. The van der Waals surface area contributed by atoms with Gasteiger partial charge in [0.1, 0.15) is 5.76 Å². The van der Waals surface area contributed by atoms with E-state index in [-0.39, 0.29) is 11.3 Å². The smallest absolute Gasteiger partial charge is 0.300 e. The molecule has 0 bridgehead atoms. The Morgan fingerprint density at radius 2 is 1.50 bits per heavy atom. The first-order valence-corrected chi connectivity index (χ1v) is 12.2. The maximum Gasteiger partial charge on any atom is 0.300 e. The number of benzene rings is 3. The molecule has 38 heavy (non-hydrogen) atoms. The highest BCUT2D eigenvalue weighted by Gasteiger charge is 2.47. The zero-order chi connectivity index (χ0) is 27.6. The Kier molecular flexibility index (Phi) is 7.62. The Hall–Kier alpha value is -4.46. The molecule has 1 aliphatic heterocycles. The SMILES string of the molecule is CCOc1cc(C2/C(=C(/O)c3ccc(OC)c(OC)c3)C(=O)C(=O)N2c2cc(C)ccc2C)ccc1OC. The van der Waals surface area contributed by atoms with E-state index in [0.29, 0.717) is 46.4 Å². The molecule has 0 radical (unpaired) electrons. The minimum Gasteiger partial charge on any atom is -0.507 e. The highest BCUT2D eigenvalue weighted by Crippen LogP contribution is 2.45. The Morgan fingerprint density at radius 1 is 0.842 bits per heavy atom. The molecule has 198 valence electrons. The van der Waals surface area contributed by atoms with E-state index in [1.54, 1.807) is 36.4 Å².